The van der Waals surface area contributed by atoms with E-state index in [1.807, 2.05) is 24.3 Å². The molecule has 1 aromatic carbocycles. The highest BCUT2D eigenvalue weighted by molar-refractivity contribution is 5.88. The first-order valence-corrected chi connectivity index (χ1v) is 7.68. The summed E-state index contributed by atoms with van der Waals surface area (Å²) >= 11 is 0. The molecule has 7 nitrogen and oxygen atoms in total. The van der Waals surface area contributed by atoms with Gasteiger partial charge in [0.25, 0.3) is 0 Å². The van der Waals surface area contributed by atoms with Crippen molar-refractivity contribution in [2.24, 2.45) is 0 Å². The Hall–Kier alpha value is -2.70. The van der Waals surface area contributed by atoms with E-state index in [1.54, 1.807) is 0 Å². The van der Waals surface area contributed by atoms with E-state index in [0.29, 0.717) is 32.5 Å². The molecule has 0 spiro atoms. The van der Waals surface area contributed by atoms with Crippen molar-refractivity contribution in [2.45, 2.75) is 19.3 Å². The van der Waals surface area contributed by atoms with Crippen molar-refractivity contribution >= 4 is 29.0 Å². The van der Waals surface area contributed by atoms with E-state index in [2.05, 4.69) is 25.9 Å². The Bertz CT molecular complexity index is 642. The number of rotatable bonds is 10. The van der Waals surface area contributed by atoms with Crippen molar-refractivity contribution in [3.05, 3.63) is 30.6 Å². The van der Waals surface area contributed by atoms with Crippen molar-refractivity contribution in [1.29, 1.82) is 0 Å². The minimum atomic E-state index is 0.0189. The maximum atomic E-state index is 11.6. The van der Waals surface area contributed by atoms with Crippen LogP contribution in [0.3, 0.4) is 0 Å². The Labute approximate surface area is 134 Å². The summed E-state index contributed by atoms with van der Waals surface area (Å²) in [5, 5.41) is 9.60. The summed E-state index contributed by atoms with van der Waals surface area (Å²) in [4.78, 5) is 30.2. The molecule has 0 aliphatic carbocycles. The number of carbonyl (C=O) groups excluding carboxylic acids is 2. The van der Waals surface area contributed by atoms with Crippen molar-refractivity contribution < 1.29 is 9.59 Å². The van der Waals surface area contributed by atoms with Crippen LogP contribution < -0.4 is 16.0 Å². The molecule has 2 amide bonds. The van der Waals surface area contributed by atoms with Crippen LogP contribution in [-0.2, 0) is 9.59 Å². The molecule has 1 heterocycles. The predicted molar refractivity (Wildman–Crippen MR) is 89.0 cm³/mol. The second-order valence-corrected chi connectivity index (χ2v) is 5.05. The van der Waals surface area contributed by atoms with Gasteiger partial charge in [0.2, 0.25) is 12.3 Å². The molecule has 0 saturated heterocycles. The minimum absolute atomic E-state index is 0.0189. The van der Waals surface area contributed by atoms with E-state index >= 15 is 0 Å². The number of aromatic nitrogens is 2. The lowest BCUT2D eigenvalue weighted by atomic mass is 10.2. The lowest BCUT2D eigenvalue weighted by Crippen LogP contribution is -2.27. The van der Waals surface area contributed by atoms with Gasteiger partial charge in [0, 0.05) is 31.4 Å². The number of nitrogens with one attached hydrogen (secondary N) is 3. The molecule has 0 atom stereocenters. The Morgan fingerprint density at radius 1 is 1.09 bits per heavy atom. The maximum absolute atomic E-state index is 11.6. The zero-order valence-electron chi connectivity index (χ0n) is 12.9. The third-order valence-corrected chi connectivity index (χ3v) is 3.32. The highest BCUT2D eigenvalue weighted by Gasteiger charge is 2.03. The Balaban J connectivity index is 1.67. The number of anilines is 1. The van der Waals surface area contributed by atoms with Crippen molar-refractivity contribution in [1.82, 2.24) is 20.6 Å². The average Bonchev–Trinajstić information content (AvgIpc) is 2.58. The summed E-state index contributed by atoms with van der Waals surface area (Å²) in [7, 11) is 0. The first-order chi connectivity index (χ1) is 11.3. The molecule has 1 aromatic heterocycles. The Kier molecular flexibility index (Phi) is 6.77. The van der Waals surface area contributed by atoms with Crippen LogP contribution in [0.25, 0.3) is 10.9 Å². The molecule has 7 heteroatoms. The zero-order chi connectivity index (χ0) is 16.3. The molecule has 0 unspecified atom stereocenters. The van der Waals surface area contributed by atoms with Gasteiger partial charge in [-0.1, -0.05) is 12.1 Å². The maximum Gasteiger partial charge on any atom is 0.220 e. The summed E-state index contributed by atoms with van der Waals surface area (Å²) < 4.78 is 0. The van der Waals surface area contributed by atoms with Gasteiger partial charge in [-0.05, 0) is 25.0 Å². The van der Waals surface area contributed by atoms with Gasteiger partial charge >= 0.3 is 0 Å². The number of amides is 2. The minimum Gasteiger partial charge on any atom is -0.369 e. The van der Waals surface area contributed by atoms with Crippen LogP contribution in [0, 0.1) is 0 Å². The molecule has 0 aliphatic heterocycles. The van der Waals surface area contributed by atoms with Crippen LogP contribution in [0.1, 0.15) is 19.3 Å². The summed E-state index contributed by atoms with van der Waals surface area (Å²) in [6.07, 6.45) is 4.10. The number of nitrogens with zero attached hydrogens (tertiary/aromatic N) is 2. The van der Waals surface area contributed by atoms with Crippen molar-refractivity contribution in [3.63, 3.8) is 0 Å². The van der Waals surface area contributed by atoms with E-state index < -0.39 is 0 Å². The first-order valence-electron chi connectivity index (χ1n) is 7.68. The van der Waals surface area contributed by atoms with Crippen LogP contribution in [0.15, 0.2) is 30.6 Å². The fourth-order valence-corrected chi connectivity index (χ4v) is 2.17. The molecule has 0 radical (unpaired) electrons. The monoisotopic (exact) mass is 315 g/mol. The second-order valence-electron chi connectivity index (χ2n) is 5.05. The second kappa shape index (κ2) is 9.34. The SMILES string of the molecule is O=CNCCCNC(=O)CCCNc1ncnc2ccccc12. The van der Waals surface area contributed by atoms with Gasteiger partial charge in [-0.15, -0.1) is 0 Å². The molecular weight excluding hydrogens is 294 g/mol. The molecule has 0 aliphatic rings. The number of fused-ring (bicyclic) bond motifs is 1. The Morgan fingerprint density at radius 2 is 1.96 bits per heavy atom. The van der Waals surface area contributed by atoms with Gasteiger partial charge in [0.05, 0.1) is 5.52 Å². The largest absolute Gasteiger partial charge is 0.369 e. The normalized spacial score (nSPS) is 10.3. The molecule has 23 heavy (non-hydrogen) atoms. The third-order valence-electron chi connectivity index (χ3n) is 3.32. The van der Waals surface area contributed by atoms with Gasteiger partial charge in [0.15, 0.2) is 0 Å². The molecule has 3 N–H and O–H groups in total. The summed E-state index contributed by atoms with van der Waals surface area (Å²) in [5.74, 6) is 0.807. The van der Waals surface area contributed by atoms with Crippen LogP contribution in [-0.4, -0.2) is 41.9 Å². The van der Waals surface area contributed by atoms with E-state index in [1.165, 1.54) is 6.33 Å². The molecule has 0 fully saturated rings. The number of hydrogen-bond donors (Lipinski definition) is 3. The quantitative estimate of drug-likeness (QED) is 0.450. The highest BCUT2D eigenvalue weighted by atomic mass is 16.1. The van der Waals surface area contributed by atoms with Crippen molar-refractivity contribution in [2.75, 3.05) is 25.0 Å². The van der Waals surface area contributed by atoms with Crippen LogP contribution in [0.2, 0.25) is 0 Å². The van der Waals surface area contributed by atoms with Gasteiger partial charge in [-0.2, -0.15) is 0 Å². The summed E-state index contributed by atoms with van der Waals surface area (Å²) in [6, 6.07) is 7.80. The van der Waals surface area contributed by atoms with Gasteiger partial charge in [-0.3, -0.25) is 9.59 Å². The van der Waals surface area contributed by atoms with Crippen LogP contribution in [0.4, 0.5) is 5.82 Å². The van der Waals surface area contributed by atoms with Gasteiger partial charge in [-0.25, -0.2) is 9.97 Å². The Morgan fingerprint density at radius 3 is 2.83 bits per heavy atom. The first kappa shape index (κ1) is 16.7. The fourth-order valence-electron chi connectivity index (χ4n) is 2.17. The highest BCUT2D eigenvalue weighted by Crippen LogP contribution is 2.18. The standard InChI is InChI=1S/C16H21N5O2/c22-12-17-8-4-10-18-15(23)7-3-9-19-16-13-5-1-2-6-14(13)20-11-21-16/h1-2,5-6,11-12H,3-4,7-10H2,(H,17,22)(H,18,23)(H,19,20,21). The van der Waals surface area contributed by atoms with E-state index in [-0.39, 0.29) is 5.91 Å². The molecule has 2 rings (SSSR count). The van der Waals surface area contributed by atoms with Crippen LogP contribution in [0.5, 0.6) is 0 Å². The van der Waals surface area contributed by atoms with E-state index in [9.17, 15) is 9.59 Å². The molecule has 0 bridgehead atoms. The fraction of sp³-hybridized carbons (Fsp3) is 0.375. The smallest absolute Gasteiger partial charge is 0.220 e. The van der Waals surface area contributed by atoms with E-state index in [0.717, 1.165) is 29.6 Å². The van der Waals surface area contributed by atoms with Crippen molar-refractivity contribution in [3.8, 4) is 0 Å². The van der Waals surface area contributed by atoms with Gasteiger partial charge < -0.3 is 16.0 Å². The zero-order valence-corrected chi connectivity index (χ0v) is 12.9. The summed E-state index contributed by atoms with van der Waals surface area (Å²) in [6.45, 7) is 1.82. The molecule has 0 saturated carbocycles. The predicted octanol–water partition coefficient (Wildman–Crippen LogP) is 1.07. The number of benzene rings is 1. The van der Waals surface area contributed by atoms with Crippen LogP contribution >= 0.6 is 0 Å². The topological polar surface area (TPSA) is 96.0 Å². The number of hydrogen-bond acceptors (Lipinski definition) is 5. The molecule has 122 valence electrons. The lowest BCUT2D eigenvalue weighted by Gasteiger charge is -2.08. The molecule has 2 aromatic rings. The summed E-state index contributed by atoms with van der Waals surface area (Å²) in [5.41, 5.74) is 0.895. The average molecular weight is 315 g/mol. The third kappa shape index (κ3) is 5.54. The van der Waals surface area contributed by atoms with E-state index in [4.69, 9.17) is 0 Å². The number of carbonyl (C=O) groups is 2. The molecular formula is C16H21N5O2. The number of para-hydroxylation sites is 1. The van der Waals surface area contributed by atoms with Gasteiger partial charge in [0.1, 0.15) is 12.1 Å². The lowest BCUT2D eigenvalue weighted by molar-refractivity contribution is -0.121.